The van der Waals surface area contributed by atoms with Crippen molar-refractivity contribution < 1.29 is 9.59 Å². The average Bonchev–Trinajstić information content (AvgIpc) is 2.15. The van der Waals surface area contributed by atoms with Gasteiger partial charge in [-0.2, -0.15) is 0 Å². The highest BCUT2D eigenvalue weighted by molar-refractivity contribution is 5.84. The Balaban J connectivity index is 4.00. The molecule has 94 valence electrons. The monoisotopic (exact) mass is 229 g/mol. The van der Waals surface area contributed by atoms with Gasteiger partial charge in [0.2, 0.25) is 11.8 Å². The van der Waals surface area contributed by atoms with E-state index >= 15 is 0 Å². The van der Waals surface area contributed by atoms with Gasteiger partial charge in [0.25, 0.3) is 0 Å². The first-order chi connectivity index (χ1) is 7.36. The van der Waals surface area contributed by atoms with Crippen molar-refractivity contribution in [2.75, 3.05) is 20.1 Å². The van der Waals surface area contributed by atoms with Crippen molar-refractivity contribution in [3.63, 3.8) is 0 Å². The summed E-state index contributed by atoms with van der Waals surface area (Å²) in [5.41, 5.74) is 5.44. The van der Waals surface area contributed by atoms with Crippen LogP contribution in [-0.4, -0.2) is 42.9 Å². The van der Waals surface area contributed by atoms with Crippen molar-refractivity contribution in [3.05, 3.63) is 0 Å². The molecule has 2 amide bonds. The average molecular weight is 229 g/mol. The maximum atomic E-state index is 11.6. The molecule has 16 heavy (non-hydrogen) atoms. The molecular weight excluding hydrogens is 206 g/mol. The predicted octanol–water partition coefficient (Wildman–Crippen LogP) is -0.0457. The second-order valence-corrected chi connectivity index (χ2v) is 4.52. The summed E-state index contributed by atoms with van der Waals surface area (Å²) in [6.07, 6.45) is 0.391. The van der Waals surface area contributed by atoms with Crippen molar-refractivity contribution in [1.82, 2.24) is 10.2 Å². The lowest BCUT2D eigenvalue weighted by molar-refractivity contribution is -0.135. The molecule has 0 aromatic carbocycles. The van der Waals surface area contributed by atoms with Gasteiger partial charge in [-0.15, -0.1) is 0 Å². The van der Waals surface area contributed by atoms with E-state index in [0.29, 0.717) is 13.0 Å². The van der Waals surface area contributed by atoms with Crippen molar-refractivity contribution in [2.45, 2.75) is 33.2 Å². The van der Waals surface area contributed by atoms with Gasteiger partial charge < -0.3 is 16.0 Å². The molecule has 0 aliphatic heterocycles. The molecule has 3 N–H and O–H groups in total. The summed E-state index contributed by atoms with van der Waals surface area (Å²) >= 11 is 0. The van der Waals surface area contributed by atoms with E-state index < -0.39 is 0 Å². The fourth-order valence-corrected chi connectivity index (χ4v) is 1.21. The molecule has 0 aromatic rings. The Morgan fingerprint density at radius 3 is 2.31 bits per heavy atom. The number of carbonyl (C=O) groups is 2. The highest BCUT2D eigenvalue weighted by Crippen LogP contribution is 2.02. The van der Waals surface area contributed by atoms with E-state index in [1.165, 1.54) is 4.90 Å². The molecule has 0 bridgehead atoms. The lowest BCUT2D eigenvalue weighted by Gasteiger charge is -2.19. The molecule has 5 nitrogen and oxygen atoms in total. The fourth-order valence-electron chi connectivity index (χ4n) is 1.21. The zero-order chi connectivity index (χ0) is 12.7. The van der Waals surface area contributed by atoms with Crippen LogP contribution in [0.25, 0.3) is 0 Å². The topological polar surface area (TPSA) is 75.4 Å². The molecule has 0 aliphatic rings. The molecule has 0 rings (SSSR count). The zero-order valence-corrected chi connectivity index (χ0v) is 10.6. The Kier molecular flexibility index (Phi) is 6.72. The minimum Gasteiger partial charge on any atom is -0.352 e. The molecule has 0 fully saturated rings. The van der Waals surface area contributed by atoms with E-state index in [0.717, 1.165) is 0 Å². The van der Waals surface area contributed by atoms with E-state index in [9.17, 15) is 9.59 Å². The third-order valence-electron chi connectivity index (χ3n) is 2.18. The van der Waals surface area contributed by atoms with Gasteiger partial charge in [0.1, 0.15) is 0 Å². The first-order valence-electron chi connectivity index (χ1n) is 5.60. The Morgan fingerprint density at radius 2 is 1.88 bits per heavy atom. The van der Waals surface area contributed by atoms with Crippen molar-refractivity contribution in [1.29, 1.82) is 0 Å². The van der Waals surface area contributed by atoms with Gasteiger partial charge in [-0.25, -0.2) is 0 Å². The van der Waals surface area contributed by atoms with Crippen LogP contribution < -0.4 is 11.1 Å². The molecule has 0 saturated carbocycles. The maximum Gasteiger partial charge on any atom is 0.239 e. The van der Waals surface area contributed by atoms with Gasteiger partial charge >= 0.3 is 0 Å². The van der Waals surface area contributed by atoms with Gasteiger partial charge in [-0.05, 0) is 26.3 Å². The number of nitrogens with one attached hydrogen (secondary N) is 1. The maximum absolute atomic E-state index is 11.6. The van der Waals surface area contributed by atoms with Crippen LogP contribution >= 0.6 is 0 Å². The summed E-state index contributed by atoms with van der Waals surface area (Å²) in [6.45, 7) is 6.28. The summed E-state index contributed by atoms with van der Waals surface area (Å²) in [5.74, 6) is -0.0220. The van der Waals surface area contributed by atoms with Crippen LogP contribution in [0.15, 0.2) is 0 Å². The Hall–Kier alpha value is -1.10. The first-order valence-corrected chi connectivity index (χ1v) is 5.60. The van der Waals surface area contributed by atoms with Crippen LogP contribution in [0.5, 0.6) is 0 Å². The molecule has 0 heterocycles. The number of nitrogens with two attached hydrogens (primary N) is 1. The summed E-state index contributed by atoms with van der Waals surface area (Å²) < 4.78 is 0. The first kappa shape index (κ1) is 14.9. The second-order valence-electron chi connectivity index (χ2n) is 4.52. The van der Waals surface area contributed by atoms with Gasteiger partial charge in [0.15, 0.2) is 0 Å². The van der Waals surface area contributed by atoms with E-state index in [2.05, 4.69) is 5.32 Å². The largest absolute Gasteiger partial charge is 0.352 e. The molecule has 1 unspecified atom stereocenters. The normalized spacial score (nSPS) is 12.4. The Morgan fingerprint density at radius 1 is 1.31 bits per heavy atom. The zero-order valence-electron chi connectivity index (χ0n) is 10.6. The number of likely N-dealkylation sites (N-methyl/N-ethyl adjacent to an activating group) is 1. The van der Waals surface area contributed by atoms with Gasteiger partial charge in [0.05, 0.1) is 6.54 Å². The highest BCUT2D eigenvalue weighted by atomic mass is 16.2. The molecule has 5 heteroatoms. The Bertz CT molecular complexity index is 241. The minimum atomic E-state index is -0.133. The second kappa shape index (κ2) is 7.22. The lowest BCUT2D eigenvalue weighted by Crippen LogP contribution is -2.41. The third kappa shape index (κ3) is 6.40. The lowest BCUT2D eigenvalue weighted by atomic mass is 10.1. The number of amides is 2. The number of nitrogens with zero attached hydrogens (tertiary/aromatic N) is 1. The van der Waals surface area contributed by atoms with Crippen molar-refractivity contribution in [2.24, 2.45) is 11.7 Å². The van der Waals surface area contributed by atoms with Crippen LogP contribution in [0.1, 0.15) is 27.2 Å². The summed E-state index contributed by atoms with van der Waals surface area (Å²) in [7, 11) is 1.63. The van der Waals surface area contributed by atoms with Crippen LogP contribution in [0, 0.1) is 5.92 Å². The summed E-state index contributed by atoms with van der Waals surface area (Å²) in [6, 6.07) is 0.0963. The molecule has 0 spiro atoms. The molecule has 0 radical (unpaired) electrons. The summed E-state index contributed by atoms with van der Waals surface area (Å²) in [4.78, 5) is 24.5. The number of hydrogen-bond acceptors (Lipinski definition) is 3. The van der Waals surface area contributed by atoms with E-state index in [-0.39, 0.29) is 30.3 Å². The van der Waals surface area contributed by atoms with Gasteiger partial charge in [0, 0.05) is 19.5 Å². The molecule has 0 saturated heterocycles. The van der Waals surface area contributed by atoms with Crippen LogP contribution in [-0.2, 0) is 9.59 Å². The quantitative estimate of drug-likeness (QED) is 0.671. The standard InChI is InChI=1S/C11H23N3O2/c1-8(2)13-10(15)7-14(4)11(16)5-9(3)6-12/h8-9H,5-7,12H2,1-4H3,(H,13,15). The van der Waals surface area contributed by atoms with E-state index in [1.54, 1.807) is 7.05 Å². The molecule has 0 aromatic heterocycles. The smallest absolute Gasteiger partial charge is 0.239 e. The SMILES string of the molecule is CC(CN)CC(=O)N(C)CC(=O)NC(C)C. The fraction of sp³-hybridized carbons (Fsp3) is 0.818. The molecule has 0 aliphatic carbocycles. The minimum absolute atomic E-state index is 0.0446. The van der Waals surface area contributed by atoms with Crippen molar-refractivity contribution in [3.8, 4) is 0 Å². The van der Waals surface area contributed by atoms with Crippen LogP contribution in [0.2, 0.25) is 0 Å². The predicted molar refractivity (Wildman–Crippen MR) is 63.8 cm³/mol. The molecule has 1 atom stereocenters. The van der Waals surface area contributed by atoms with Crippen molar-refractivity contribution >= 4 is 11.8 Å². The summed E-state index contributed by atoms with van der Waals surface area (Å²) in [5, 5.41) is 2.74. The number of hydrogen-bond donors (Lipinski definition) is 2. The van der Waals surface area contributed by atoms with Crippen LogP contribution in [0.3, 0.4) is 0 Å². The number of rotatable bonds is 6. The Labute approximate surface area is 97.4 Å². The van der Waals surface area contributed by atoms with E-state index in [1.807, 2.05) is 20.8 Å². The van der Waals surface area contributed by atoms with E-state index in [4.69, 9.17) is 5.73 Å². The third-order valence-corrected chi connectivity index (χ3v) is 2.18. The van der Waals surface area contributed by atoms with Gasteiger partial charge in [-0.1, -0.05) is 6.92 Å². The van der Waals surface area contributed by atoms with Crippen LogP contribution in [0.4, 0.5) is 0 Å². The highest BCUT2D eigenvalue weighted by Gasteiger charge is 2.15. The number of carbonyl (C=O) groups excluding carboxylic acids is 2. The molecular formula is C11H23N3O2. The van der Waals surface area contributed by atoms with Gasteiger partial charge in [-0.3, -0.25) is 9.59 Å².